The first kappa shape index (κ1) is 15.6. The molecule has 1 aliphatic rings. The minimum absolute atomic E-state index is 0.116. The quantitative estimate of drug-likeness (QED) is 0.827. The van der Waals surface area contributed by atoms with Crippen LogP contribution in [0.4, 0.5) is 5.69 Å². The third-order valence-electron chi connectivity index (χ3n) is 3.35. The smallest absolute Gasteiger partial charge is 0.254 e. The van der Waals surface area contributed by atoms with E-state index in [9.17, 15) is 4.79 Å². The molecule has 0 fully saturated rings. The van der Waals surface area contributed by atoms with Crippen molar-refractivity contribution in [3.8, 4) is 11.5 Å². The maximum Gasteiger partial charge on any atom is 0.254 e. The molecule has 0 aliphatic carbocycles. The summed E-state index contributed by atoms with van der Waals surface area (Å²) >= 11 is 0. The van der Waals surface area contributed by atoms with Gasteiger partial charge in [-0.3, -0.25) is 4.79 Å². The van der Waals surface area contributed by atoms with E-state index in [0.717, 1.165) is 17.7 Å². The van der Waals surface area contributed by atoms with Gasteiger partial charge in [0.1, 0.15) is 23.7 Å². The molecule has 1 amide bonds. The lowest BCUT2D eigenvalue weighted by atomic mass is 10.1. The summed E-state index contributed by atoms with van der Waals surface area (Å²) in [5.41, 5.74) is 7.16. The third-order valence-corrected chi connectivity index (χ3v) is 3.35. The summed E-state index contributed by atoms with van der Waals surface area (Å²) in [6.07, 6.45) is 0.288. The maximum absolute atomic E-state index is 12.1. The van der Waals surface area contributed by atoms with Gasteiger partial charge in [0, 0.05) is 31.7 Å². The van der Waals surface area contributed by atoms with E-state index in [0.29, 0.717) is 18.0 Å². The molecule has 0 bridgehead atoms. The summed E-state index contributed by atoms with van der Waals surface area (Å²) in [7, 11) is 1.45. The van der Waals surface area contributed by atoms with E-state index in [1.54, 1.807) is 6.07 Å². The molecule has 2 unspecified atom stereocenters. The Morgan fingerprint density at radius 2 is 2.33 bits per heavy atom. The Labute approximate surface area is 124 Å². The average molecular weight is 294 g/mol. The Morgan fingerprint density at radius 3 is 2.95 bits per heavy atom. The third kappa shape index (κ3) is 3.46. The molecular weight excluding hydrogens is 272 g/mol. The van der Waals surface area contributed by atoms with E-state index >= 15 is 0 Å². The number of nitrogens with one attached hydrogen (secondary N) is 1. The Morgan fingerprint density at radius 1 is 1.57 bits per heavy atom. The van der Waals surface area contributed by atoms with Gasteiger partial charge in [0.2, 0.25) is 0 Å². The van der Waals surface area contributed by atoms with Gasteiger partial charge in [-0.05, 0) is 19.9 Å². The largest absolute Gasteiger partial charge is 0.492 e. The van der Waals surface area contributed by atoms with Crippen molar-refractivity contribution < 1.29 is 19.0 Å². The van der Waals surface area contributed by atoms with Crippen LogP contribution in [0.15, 0.2) is 12.1 Å². The lowest BCUT2D eigenvalue weighted by molar-refractivity contribution is -0.125. The van der Waals surface area contributed by atoms with Crippen molar-refractivity contribution in [3.05, 3.63) is 17.7 Å². The number of anilines is 1. The summed E-state index contributed by atoms with van der Waals surface area (Å²) in [6.45, 7) is 4.54. The lowest BCUT2D eigenvalue weighted by Crippen LogP contribution is -2.36. The number of fused-ring (bicyclic) bond motifs is 1. The highest BCUT2D eigenvalue weighted by Gasteiger charge is 2.24. The molecule has 116 valence electrons. The second-order valence-corrected chi connectivity index (χ2v) is 4.97. The van der Waals surface area contributed by atoms with E-state index in [2.05, 4.69) is 5.32 Å². The van der Waals surface area contributed by atoms with E-state index in [1.807, 2.05) is 19.9 Å². The van der Waals surface area contributed by atoms with Gasteiger partial charge >= 0.3 is 0 Å². The molecule has 0 spiro atoms. The van der Waals surface area contributed by atoms with Crippen LogP contribution in [-0.2, 0) is 16.0 Å². The van der Waals surface area contributed by atoms with Crippen molar-refractivity contribution in [1.29, 1.82) is 0 Å². The number of rotatable bonds is 6. The molecule has 6 nitrogen and oxygen atoms in total. The number of hydrogen-bond donors (Lipinski definition) is 2. The topological polar surface area (TPSA) is 82.8 Å². The minimum Gasteiger partial charge on any atom is -0.492 e. The second kappa shape index (κ2) is 6.78. The van der Waals surface area contributed by atoms with Crippen LogP contribution in [0, 0.1) is 0 Å². The number of amides is 1. The van der Waals surface area contributed by atoms with Gasteiger partial charge in [-0.25, -0.2) is 0 Å². The normalized spacial score (nSPS) is 17.8. The van der Waals surface area contributed by atoms with Crippen molar-refractivity contribution in [2.24, 2.45) is 5.73 Å². The number of ether oxygens (including phenoxy) is 3. The first-order chi connectivity index (χ1) is 10.1. The molecule has 2 atom stereocenters. The SMILES string of the molecule is CCOc1cc2c(cc1NC(=O)C(CN)OC)OC(C)C2. The lowest BCUT2D eigenvalue weighted by Gasteiger charge is -2.16. The van der Waals surface area contributed by atoms with Crippen molar-refractivity contribution in [3.63, 3.8) is 0 Å². The summed E-state index contributed by atoms with van der Waals surface area (Å²) in [5, 5.41) is 2.79. The molecule has 1 aromatic rings. The molecule has 0 radical (unpaired) electrons. The van der Waals surface area contributed by atoms with Gasteiger partial charge in [-0.1, -0.05) is 0 Å². The highest BCUT2D eigenvalue weighted by atomic mass is 16.5. The summed E-state index contributed by atoms with van der Waals surface area (Å²) in [6, 6.07) is 3.72. The molecule has 1 heterocycles. The maximum atomic E-state index is 12.1. The highest BCUT2D eigenvalue weighted by Crippen LogP contribution is 2.38. The van der Waals surface area contributed by atoms with Crippen LogP contribution in [0.25, 0.3) is 0 Å². The standard InChI is InChI=1S/C15H22N2O4/c1-4-20-13-6-10-5-9(2)21-12(10)7-11(13)17-15(18)14(8-16)19-3/h6-7,9,14H,4-5,8,16H2,1-3H3,(H,17,18). The summed E-state index contributed by atoms with van der Waals surface area (Å²) < 4.78 is 16.3. The fourth-order valence-corrected chi connectivity index (χ4v) is 2.34. The van der Waals surface area contributed by atoms with Crippen molar-refractivity contribution in [2.75, 3.05) is 25.6 Å². The Balaban J connectivity index is 2.25. The average Bonchev–Trinajstić information content (AvgIpc) is 2.80. The molecule has 0 aromatic heterocycles. The number of methoxy groups -OCH3 is 1. The van der Waals surface area contributed by atoms with Crippen molar-refractivity contribution >= 4 is 11.6 Å². The van der Waals surface area contributed by atoms with E-state index in [1.165, 1.54) is 7.11 Å². The van der Waals surface area contributed by atoms with Crippen LogP contribution in [0.1, 0.15) is 19.4 Å². The van der Waals surface area contributed by atoms with Crippen LogP contribution in [0.5, 0.6) is 11.5 Å². The highest BCUT2D eigenvalue weighted by molar-refractivity contribution is 5.96. The van der Waals surface area contributed by atoms with Gasteiger partial charge in [0.25, 0.3) is 5.91 Å². The van der Waals surface area contributed by atoms with Crippen LogP contribution >= 0.6 is 0 Å². The molecule has 0 saturated carbocycles. The summed E-state index contributed by atoms with van der Waals surface area (Å²) in [5.74, 6) is 1.11. The monoisotopic (exact) mass is 294 g/mol. The zero-order valence-corrected chi connectivity index (χ0v) is 12.6. The van der Waals surface area contributed by atoms with Gasteiger partial charge in [0.05, 0.1) is 12.3 Å². The molecule has 3 N–H and O–H groups in total. The molecule has 0 saturated heterocycles. The van der Waals surface area contributed by atoms with Crippen LogP contribution in [-0.4, -0.2) is 38.4 Å². The van der Waals surface area contributed by atoms with Gasteiger partial charge in [-0.2, -0.15) is 0 Å². The Hall–Kier alpha value is -1.79. The number of hydrogen-bond acceptors (Lipinski definition) is 5. The van der Waals surface area contributed by atoms with E-state index in [4.69, 9.17) is 19.9 Å². The number of benzene rings is 1. The zero-order valence-electron chi connectivity index (χ0n) is 12.6. The molecule has 21 heavy (non-hydrogen) atoms. The number of carbonyl (C=O) groups excluding carboxylic acids is 1. The minimum atomic E-state index is -0.687. The van der Waals surface area contributed by atoms with Crippen LogP contribution in [0.3, 0.4) is 0 Å². The van der Waals surface area contributed by atoms with E-state index < -0.39 is 6.10 Å². The molecule has 6 heteroatoms. The number of nitrogens with two attached hydrogens (primary N) is 1. The Bertz CT molecular complexity index is 515. The van der Waals surface area contributed by atoms with E-state index in [-0.39, 0.29) is 18.6 Å². The first-order valence-corrected chi connectivity index (χ1v) is 7.09. The van der Waals surface area contributed by atoms with Gasteiger partial charge < -0.3 is 25.3 Å². The fourth-order valence-electron chi connectivity index (χ4n) is 2.34. The molecule has 1 aliphatic heterocycles. The molecule has 1 aromatic carbocycles. The molecule has 2 rings (SSSR count). The van der Waals surface area contributed by atoms with Gasteiger partial charge in [-0.15, -0.1) is 0 Å². The predicted molar refractivity (Wildman–Crippen MR) is 79.9 cm³/mol. The van der Waals surface area contributed by atoms with Crippen LogP contribution in [0.2, 0.25) is 0 Å². The second-order valence-electron chi connectivity index (χ2n) is 4.97. The molecular formula is C15H22N2O4. The van der Waals surface area contributed by atoms with Crippen LogP contribution < -0.4 is 20.5 Å². The van der Waals surface area contributed by atoms with Gasteiger partial charge in [0.15, 0.2) is 0 Å². The van der Waals surface area contributed by atoms with Crippen molar-refractivity contribution in [2.45, 2.75) is 32.5 Å². The zero-order chi connectivity index (χ0) is 15.4. The first-order valence-electron chi connectivity index (χ1n) is 7.09. The van der Waals surface area contributed by atoms with Crippen molar-refractivity contribution in [1.82, 2.24) is 0 Å². The number of carbonyl (C=O) groups is 1. The predicted octanol–water partition coefficient (Wildman–Crippen LogP) is 1.32. The summed E-state index contributed by atoms with van der Waals surface area (Å²) in [4.78, 5) is 12.1. The fraction of sp³-hybridized carbons (Fsp3) is 0.533. The Kier molecular flexibility index (Phi) is 5.03.